The molecular formula is C72H47N3. The molecule has 0 spiro atoms. The third kappa shape index (κ3) is 7.05. The zero-order valence-electron chi connectivity index (χ0n) is 41.0. The van der Waals surface area contributed by atoms with Crippen LogP contribution < -0.4 is 0 Å². The van der Waals surface area contributed by atoms with Gasteiger partial charge in [-0.15, -0.1) is 0 Å². The lowest BCUT2D eigenvalue weighted by Gasteiger charge is -2.15. The van der Waals surface area contributed by atoms with Crippen molar-refractivity contribution in [2.45, 2.75) is 0 Å². The van der Waals surface area contributed by atoms with Gasteiger partial charge in [-0.2, -0.15) is 0 Å². The molecule has 0 aliphatic rings. The Balaban J connectivity index is 1.01. The van der Waals surface area contributed by atoms with Crippen LogP contribution in [0.4, 0.5) is 0 Å². The molecule has 3 heterocycles. The van der Waals surface area contributed by atoms with E-state index in [2.05, 4.69) is 299 Å². The molecule has 3 aromatic heterocycles. The van der Waals surface area contributed by atoms with Gasteiger partial charge >= 0.3 is 0 Å². The molecule has 0 fully saturated rings. The van der Waals surface area contributed by atoms with Crippen LogP contribution in [-0.4, -0.2) is 13.7 Å². The fraction of sp³-hybridized carbons (Fsp3) is 0. The van der Waals surface area contributed by atoms with Crippen LogP contribution in [0.5, 0.6) is 0 Å². The molecule has 0 radical (unpaired) electrons. The first-order valence-corrected chi connectivity index (χ1v) is 25.8. The van der Waals surface area contributed by atoms with Gasteiger partial charge in [0.1, 0.15) is 0 Å². The van der Waals surface area contributed by atoms with E-state index < -0.39 is 0 Å². The Kier molecular flexibility index (Phi) is 9.89. The van der Waals surface area contributed by atoms with Crippen LogP contribution in [0.3, 0.4) is 0 Å². The molecule has 3 heteroatoms. The van der Waals surface area contributed by atoms with Crippen molar-refractivity contribution in [2.24, 2.45) is 0 Å². The molecule has 0 bridgehead atoms. The van der Waals surface area contributed by atoms with E-state index in [0.717, 1.165) is 22.6 Å². The standard InChI is InChI=1S/C72H47N3/c1-6-18-48(19-7-1)51-30-36-59(37-31-51)75-67-29-17-16-28-60(67)66-47-56(54-34-40-70-64(44-54)62-42-52(49-20-8-2-9-21-49)32-38-68(62)73(70)57-24-12-4-13-25-57)46-61(72(66)75)55-35-41-71-65(45-55)63-43-53(50-22-10-3-11-23-50)33-39-69(63)74(71)58-26-14-5-15-27-58/h1-47H. The first kappa shape index (κ1) is 42.7. The Morgan fingerprint density at radius 3 is 0.973 bits per heavy atom. The van der Waals surface area contributed by atoms with Crippen molar-refractivity contribution >= 4 is 65.4 Å². The number of rotatable bonds is 8. The molecule has 75 heavy (non-hydrogen) atoms. The maximum Gasteiger partial charge on any atom is 0.0619 e. The lowest BCUT2D eigenvalue weighted by atomic mass is 9.93. The average Bonchev–Trinajstić information content (AvgIpc) is 4.15. The van der Waals surface area contributed by atoms with Crippen LogP contribution >= 0.6 is 0 Å². The number of fused-ring (bicyclic) bond motifs is 9. The minimum absolute atomic E-state index is 1.12. The van der Waals surface area contributed by atoms with E-state index in [1.54, 1.807) is 0 Å². The topological polar surface area (TPSA) is 14.8 Å². The molecule has 0 amide bonds. The summed E-state index contributed by atoms with van der Waals surface area (Å²) in [7, 11) is 0. The van der Waals surface area contributed by atoms with Gasteiger partial charge < -0.3 is 13.7 Å². The summed E-state index contributed by atoms with van der Waals surface area (Å²) in [5.41, 5.74) is 22.3. The summed E-state index contributed by atoms with van der Waals surface area (Å²) in [5.74, 6) is 0. The zero-order valence-corrected chi connectivity index (χ0v) is 41.0. The molecule has 0 saturated heterocycles. The van der Waals surface area contributed by atoms with Crippen LogP contribution in [0.2, 0.25) is 0 Å². The van der Waals surface area contributed by atoms with Crippen molar-refractivity contribution in [3.05, 3.63) is 285 Å². The highest BCUT2D eigenvalue weighted by Gasteiger charge is 2.22. The third-order valence-corrected chi connectivity index (χ3v) is 15.4. The Morgan fingerprint density at radius 2 is 0.493 bits per heavy atom. The van der Waals surface area contributed by atoms with Crippen LogP contribution in [0.25, 0.3) is 138 Å². The van der Waals surface area contributed by atoms with Crippen molar-refractivity contribution < 1.29 is 0 Å². The summed E-state index contributed by atoms with van der Waals surface area (Å²) >= 11 is 0. The van der Waals surface area contributed by atoms with Gasteiger partial charge in [-0.3, -0.25) is 0 Å². The summed E-state index contributed by atoms with van der Waals surface area (Å²) in [4.78, 5) is 0. The Hall–Kier alpha value is -9.96. The fourth-order valence-electron chi connectivity index (χ4n) is 11.9. The molecule has 0 atom stereocenters. The number of hydrogen-bond donors (Lipinski definition) is 0. The van der Waals surface area contributed by atoms with Gasteiger partial charge in [0.2, 0.25) is 0 Å². The maximum atomic E-state index is 2.49. The van der Waals surface area contributed by atoms with Gasteiger partial charge in [-0.05, 0) is 153 Å². The van der Waals surface area contributed by atoms with E-state index in [1.165, 1.54) is 115 Å². The van der Waals surface area contributed by atoms with E-state index in [1.807, 2.05) is 0 Å². The molecule has 15 aromatic rings. The molecule has 350 valence electrons. The lowest BCUT2D eigenvalue weighted by molar-refractivity contribution is 1.18. The third-order valence-electron chi connectivity index (χ3n) is 15.4. The van der Waals surface area contributed by atoms with E-state index >= 15 is 0 Å². The number of nitrogens with zero attached hydrogens (tertiary/aromatic N) is 3. The normalized spacial score (nSPS) is 11.7. The van der Waals surface area contributed by atoms with Crippen molar-refractivity contribution in [1.82, 2.24) is 13.7 Å². The van der Waals surface area contributed by atoms with Gasteiger partial charge in [0, 0.05) is 54.9 Å². The van der Waals surface area contributed by atoms with Crippen LogP contribution in [0, 0.1) is 0 Å². The van der Waals surface area contributed by atoms with E-state index in [-0.39, 0.29) is 0 Å². The maximum absolute atomic E-state index is 2.49. The monoisotopic (exact) mass is 953 g/mol. The minimum Gasteiger partial charge on any atom is -0.309 e. The quantitative estimate of drug-likeness (QED) is 0.144. The second kappa shape index (κ2) is 17.4. The van der Waals surface area contributed by atoms with Crippen LogP contribution in [0.15, 0.2) is 285 Å². The molecule has 0 aliphatic carbocycles. The predicted molar refractivity (Wildman–Crippen MR) is 317 cm³/mol. The first-order valence-electron chi connectivity index (χ1n) is 25.8. The van der Waals surface area contributed by atoms with E-state index in [9.17, 15) is 0 Å². The summed E-state index contributed by atoms with van der Waals surface area (Å²) in [6.45, 7) is 0. The predicted octanol–water partition coefficient (Wildman–Crippen LogP) is 19.3. The molecule has 0 unspecified atom stereocenters. The zero-order chi connectivity index (χ0) is 49.4. The number of benzene rings is 12. The number of hydrogen-bond acceptors (Lipinski definition) is 0. The largest absolute Gasteiger partial charge is 0.309 e. The van der Waals surface area contributed by atoms with Crippen molar-refractivity contribution in [1.29, 1.82) is 0 Å². The number of aromatic nitrogens is 3. The summed E-state index contributed by atoms with van der Waals surface area (Å²) < 4.78 is 7.33. The summed E-state index contributed by atoms with van der Waals surface area (Å²) in [6, 6.07) is 105. The highest BCUT2D eigenvalue weighted by molar-refractivity contribution is 6.18. The number of para-hydroxylation sites is 3. The highest BCUT2D eigenvalue weighted by atomic mass is 15.0. The minimum atomic E-state index is 1.12. The average molecular weight is 954 g/mol. The molecule has 15 rings (SSSR count). The highest BCUT2D eigenvalue weighted by Crippen LogP contribution is 2.45. The van der Waals surface area contributed by atoms with E-state index in [4.69, 9.17) is 0 Å². The summed E-state index contributed by atoms with van der Waals surface area (Å²) in [5, 5.41) is 7.30. The van der Waals surface area contributed by atoms with Gasteiger partial charge in [-0.25, -0.2) is 0 Å². The van der Waals surface area contributed by atoms with Gasteiger partial charge in [-0.1, -0.05) is 182 Å². The Morgan fingerprint density at radius 1 is 0.173 bits per heavy atom. The summed E-state index contributed by atoms with van der Waals surface area (Å²) in [6.07, 6.45) is 0. The molecule has 0 N–H and O–H groups in total. The fourth-order valence-corrected chi connectivity index (χ4v) is 11.9. The molecule has 0 saturated carbocycles. The van der Waals surface area contributed by atoms with E-state index in [0.29, 0.717) is 0 Å². The Bertz CT molecular complexity index is 4640. The van der Waals surface area contributed by atoms with Crippen molar-refractivity contribution in [3.8, 4) is 72.7 Å². The van der Waals surface area contributed by atoms with Crippen molar-refractivity contribution in [2.75, 3.05) is 0 Å². The van der Waals surface area contributed by atoms with Crippen molar-refractivity contribution in [3.63, 3.8) is 0 Å². The SMILES string of the molecule is c1ccc(-c2ccc(-n3c4ccccc4c4cc(-c5ccc6c(c5)c5cc(-c7ccccc7)ccc5n6-c5ccccc5)cc(-c5ccc6c(c5)c5cc(-c7ccccc7)ccc5n6-c5ccccc5)c43)cc2)cc1. The first-order chi connectivity index (χ1) is 37.2. The molecule has 3 nitrogen and oxygen atoms in total. The Labute approximate surface area is 434 Å². The van der Waals surface area contributed by atoms with Crippen LogP contribution in [0.1, 0.15) is 0 Å². The van der Waals surface area contributed by atoms with Gasteiger partial charge in [0.15, 0.2) is 0 Å². The lowest BCUT2D eigenvalue weighted by Crippen LogP contribution is -1.96. The van der Waals surface area contributed by atoms with Gasteiger partial charge in [0.25, 0.3) is 0 Å². The van der Waals surface area contributed by atoms with Gasteiger partial charge in [0.05, 0.1) is 33.1 Å². The molecule has 12 aromatic carbocycles. The smallest absolute Gasteiger partial charge is 0.0619 e. The van der Waals surface area contributed by atoms with Crippen LogP contribution in [-0.2, 0) is 0 Å². The second-order valence-corrected chi connectivity index (χ2v) is 19.7. The second-order valence-electron chi connectivity index (χ2n) is 19.7. The molecule has 0 aliphatic heterocycles. The molecular weight excluding hydrogens is 907 g/mol.